The fraction of sp³-hybridized carbons (Fsp3) is 0.909. The van der Waals surface area contributed by atoms with Crippen LogP contribution in [-0.2, 0) is 0 Å². The lowest BCUT2D eigenvalue weighted by Crippen LogP contribution is -2.44. The molecule has 1 aliphatic heterocycles. The first kappa shape index (κ1) is 9.81. The summed E-state index contributed by atoms with van der Waals surface area (Å²) < 4.78 is 0. The molecule has 1 unspecified atom stereocenters. The normalized spacial score (nSPS) is 28.5. The number of nitrogens with zero attached hydrogens (tertiary/aromatic N) is 2. The third kappa shape index (κ3) is 1.72. The van der Waals surface area contributed by atoms with Crippen molar-refractivity contribution in [3.8, 4) is 0 Å². The fourth-order valence-corrected chi connectivity index (χ4v) is 2.81. The first-order valence-corrected chi connectivity index (χ1v) is 5.89. The molecule has 2 aliphatic rings. The molecule has 80 valence electrons. The van der Waals surface area contributed by atoms with E-state index >= 15 is 0 Å². The molecule has 3 heteroatoms. The number of rotatable bonds is 3. The molecule has 1 aliphatic carbocycles. The Morgan fingerprint density at radius 2 is 2.14 bits per heavy atom. The van der Waals surface area contributed by atoms with Gasteiger partial charge >= 0.3 is 0 Å². The Labute approximate surface area is 86.4 Å². The minimum atomic E-state index is 0.623. The molecule has 0 aromatic heterocycles. The van der Waals surface area contributed by atoms with Crippen LogP contribution in [0.1, 0.15) is 39.0 Å². The van der Waals surface area contributed by atoms with E-state index < -0.39 is 0 Å². The Hall–Kier alpha value is -0.730. The summed E-state index contributed by atoms with van der Waals surface area (Å²) in [6.45, 7) is 4.23. The highest BCUT2D eigenvalue weighted by atomic mass is 15.3. The summed E-state index contributed by atoms with van der Waals surface area (Å²) >= 11 is 0. The standard InChI is InChI=1S/C11H21N3/c1-2-7-14-10(8-13-11(14)12)9-5-3-4-6-9/h9-10H,2-8H2,1H3,(H2,12,13). The largest absolute Gasteiger partial charge is 0.370 e. The van der Waals surface area contributed by atoms with Gasteiger partial charge in [-0.2, -0.15) is 0 Å². The Morgan fingerprint density at radius 1 is 1.43 bits per heavy atom. The predicted molar refractivity (Wildman–Crippen MR) is 59.2 cm³/mol. The summed E-state index contributed by atoms with van der Waals surface area (Å²) in [5, 5.41) is 0. The highest BCUT2D eigenvalue weighted by Crippen LogP contribution is 2.32. The molecular weight excluding hydrogens is 174 g/mol. The van der Waals surface area contributed by atoms with E-state index in [1.807, 2.05) is 0 Å². The van der Waals surface area contributed by atoms with Crippen molar-refractivity contribution in [2.24, 2.45) is 16.6 Å². The van der Waals surface area contributed by atoms with Gasteiger partial charge in [-0.25, -0.2) is 0 Å². The summed E-state index contributed by atoms with van der Waals surface area (Å²) in [6.07, 6.45) is 6.74. The second-order valence-electron chi connectivity index (χ2n) is 4.50. The molecule has 3 nitrogen and oxygen atoms in total. The third-order valence-electron chi connectivity index (χ3n) is 3.54. The quantitative estimate of drug-likeness (QED) is 0.743. The van der Waals surface area contributed by atoms with Crippen LogP contribution in [-0.4, -0.2) is 30.0 Å². The zero-order chi connectivity index (χ0) is 9.97. The van der Waals surface area contributed by atoms with Crippen LogP contribution in [0.25, 0.3) is 0 Å². The Kier molecular flexibility index (Phi) is 2.94. The summed E-state index contributed by atoms with van der Waals surface area (Å²) in [6, 6.07) is 0.623. The predicted octanol–water partition coefficient (Wildman–Crippen LogP) is 1.59. The topological polar surface area (TPSA) is 41.6 Å². The van der Waals surface area contributed by atoms with Crippen molar-refractivity contribution in [2.75, 3.05) is 13.1 Å². The van der Waals surface area contributed by atoms with Gasteiger partial charge in [0.15, 0.2) is 5.96 Å². The molecule has 0 aromatic rings. The van der Waals surface area contributed by atoms with Gasteiger partial charge in [0.25, 0.3) is 0 Å². The molecule has 1 fully saturated rings. The lowest BCUT2D eigenvalue weighted by molar-refractivity contribution is 0.252. The van der Waals surface area contributed by atoms with E-state index in [-0.39, 0.29) is 0 Å². The van der Waals surface area contributed by atoms with Crippen LogP contribution < -0.4 is 5.73 Å². The molecule has 0 aromatic carbocycles. The van der Waals surface area contributed by atoms with Crippen molar-refractivity contribution in [2.45, 2.75) is 45.1 Å². The number of aliphatic imine (C=N–C) groups is 1. The molecule has 1 saturated carbocycles. The SMILES string of the molecule is CCCN1C(N)=NCC1C1CCCC1. The molecule has 1 heterocycles. The molecule has 14 heavy (non-hydrogen) atoms. The van der Waals surface area contributed by atoms with Crippen molar-refractivity contribution in [1.82, 2.24) is 4.90 Å². The molecule has 0 bridgehead atoms. The van der Waals surface area contributed by atoms with E-state index in [1.165, 1.54) is 32.1 Å². The van der Waals surface area contributed by atoms with Crippen molar-refractivity contribution < 1.29 is 0 Å². The second-order valence-corrected chi connectivity index (χ2v) is 4.50. The number of hydrogen-bond acceptors (Lipinski definition) is 3. The van der Waals surface area contributed by atoms with Gasteiger partial charge in [0.1, 0.15) is 0 Å². The van der Waals surface area contributed by atoms with Gasteiger partial charge in [0, 0.05) is 6.54 Å². The molecule has 2 rings (SSSR count). The maximum Gasteiger partial charge on any atom is 0.191 e. The second kappa shape index (κ2) is 4.20. The van der Waals surface area contributed by atoms with E-state index in [2.05, 4.69) is 16.8 Å². The Bertz CT molecular complexity index is 219. The van der Waals surface area contributed by atoms with Crippen LogP contribution >= 0.6 is 0 Å². The first-order valence-electron chi connectivity index (χ1n) is 5.89. The molecule has 0 saturated heterocycles. The van der Waals surface area contributed by atoms with Crippen molar-refractivity contribution in [3.63, 3.8) is 0 Å². The van der Waals surface area contributed by atoms with E-state index in [9.17, 15) is 0 Å². The van der Waals surface area contributed by atoms with Crippen LogP contribution in [0.4, 0.5) is 0 Å². The lowest BCUT2D eigenvalue weighted by atomic mass is 9.97. The van der Waals surface area contributed by atoms with Gasteiger partial charge in [0.05, 0.1) is 12.6 Å². The fourth-order valence-electron chi connectivity index (χ4n) is 2.81. The maximum absolute atomic E-state index is 5.90. The van der Waals surface area contributed by atoms with Crippen LogP contribution in [0.5, 0.6) is 0 Å². The highest BCUT2D eigenvalue weighted by Gasteiger charge is 2.33. The zero-order valence-corrected chi connectivity index (χ0v) is 9.08. The summed E-state index contributed by atoms with van der Waals surface area (Å²) in [5.74, 6) is 1.63. The number of nitrogens with two attached hydrogens (primary N) is 1. The third-order valence-corrected chi connectivity index (χ3v) is 3.54. The van der Waals surface area contributed by atoms with Gasteiger partial charge in [-0.05, 0) is 25.2 Å². The summed E-state index contributed by atoms with van der Waals surface area (Å²) in [7, 11) is 0. The zero-order valence-electron chi connectivity index (χ0n) is 9.08. The summed E-state index contributed by atoms with van der Waals surface area (Å²) in [4.78, 5) is 6.71. The number of guanidine groups is 1. The molecule has 0 amide bonds. The number of hydrogen-bond donors (Lipinski definition) is 1. The van der Waals surface area contributed by atoms with E-state index in [4.69, 9.17) is 5.73 Å². The minimum Gasteiger partial charge on any atom is -0.370 e. The van der Waals surface area contributed by atoms with E-state index in [0.29, 0.717) is 6.04 Å². The highest BCUT2D eigenvalue weighted by molar-refractivity contribution is 5.80. The Morgan fingerprint density at radius 3 is 2.79 bits per heavy atom. The lowest BCUT2D eigenvalue weighted by Gasteiger charge is -2.30. The van der Waals surface area contributed by atoms with Crippen molar-refractivity contribution in [1.29, 1.82) is 0 Å². The van der Waals surface area contributed by atoms with Crippen LogP contribution in [0, 0.1) is 5.92 Å². The van der Waals surface area contributed by atoms with Gasteiger partial charge in [0.2, 0.25) is 0 Å². The maximum atomic E-state index is 5.90. The van der Waals surface area contributed by atoms with Gasteiger partial charge < -0.3 is 10.6 Å². The smallest absolute Gasteiger partial charge is 0.191 e. The first-order chi connectivity index (χ1) is 6.83. The van der Waals surface area contributed by atoms with E-state index in [1.54, 1.807) is 0 Å². The van der Waals surface area contributed by atoms with Crippen molar-refractivity contribution in [3.05, 3.63) is 0 Å². The van der Waals surface area contributed by atoms with Gasteiger partial charge in [-0.3, -0.25) is 4.99 Å². The van der Waals surface area contributed by atoms with Crippen molar-refractivity contribution >= 4 is 5.96 Å². The minimum absolute atomic E-state index is 0.623. The van der Waals surface area contributed by atoms with E-state index in [0.717, 1.165) is 25.0 Å². The van der Waals surface area contributed by atoms with Crippen LogP contribution in [0.3, 0.4) is 0 Å². The Balaban J connectivity index is 1.98. The van der Waals surface area contributed by atoms with Crippen LogP contribution in [0.15, 0.2) is 4.99 Å². The molecule has 0 spiro atoms. The van der Waals surface area contributed by atoms with Gasteiger partial charge in [-0.1, -0.05) is 19.8 Å². The molecule has 0 radical (unpaired) electrons. The summed E-state index contributed by atoms with van der Waals surface area (Å²) in [5.41, 5.74) is 5.90. The van der Waals surface area contributed by atoms with Gasteiger partial charge in [-0.15, -0.1) is 0 Å². The molecule has 1 atom stereocenters. The average molecular weight is 195 g/mol. The molecule has 2 N–H and O–H groups in total. The monoisotopic (exact) mass is 195 g/mol. The molecular formula is C11H21N3. The van der Waals surface area contributed by atoms with Crippen LogP contribution in [0.2, 0.25) is 0 Å². The average Bonchev–Trinajstić information content (AvgIpc) is 2.77.